The van der Waals surface area contributed by atoms with Crippen LogP contribution in [0.5, 0.6) is 5.75 Å². The van der Waals surface area contributed by atoms with E-state index in [1.165, 1.54) is 0 Å². The summed E-state index contributed by atoms with van der Waals surface area (Å²) >= 11 is 0. The van der Waals surface area contributed by atoms with Crippen LogP contribution >= 0.6 is 0 Å². The van der Waals surface area contributed by atoms with Crippen molar-refractivity contribution in [3.05, 3.63) is 29.8 Å². The number of rotatable bonds is 1. The monoisotopic (exact) mass is 193 g/mol. The molecule has 0 aliphatic heterocycles. The van der Waals surface area contributed by atoms with Gasteiger partial charge in [0.2, 0.25) is 0 Å². The first-order valence-corrected chi connectivity index (χ1v) is 4.73. The minimum absolute atomic E-state index is 0.213. The molecule has 0 atom stereocenters. The summed E-state index contributed by atoms with van der Waals surface area (Å²) in [6.45, 7) is 1.76. The van der Waals surface area contributed by atoms with Crippen LogP contribution in [0.25, 0.3) is 0 Å². The fourth-order valence-electron chi connectivity index (χ4n) is 2.39. The highest BCUT2D eigenvalue weighted by Crippen LogP contribution is 2.48. The van der Waals surface area contributed by atoms with Crippen LogP contribution in [0.3, 0.4) is 0 Å². The minimum Gasteiger partial charge on any atom is -0.508 e. The average molecular weight is 193 g/mol. The molecule has 3 nitrogen and oxygen atoms in total. The smallest absolute Gasteiger partial charge is 0.120 e. The van der Waals surface area contributed by atoms with Gasteiger partial charge in [0.25, 0.3) is 0 Å². The number of hydrogen-bond donors (Lipinski definition) is 3. The van der Waals surface area contributed by atoms with Gasteiger partial charge in [-0.1, -0.05) is 18.2 Å². The Bertz CT molecular complexity index is 352. The van der Waals surface area contributed by atoms with Crippen molar-refractivity contribution in [3.63, 3.8) is 0 Å². The van der Waals surface area contributed by atoms with E-state index in [0.717, 1.165) is 5.56 Å². The Balaban J connectivity index is 2.30. The molecular formula is C11H15NO2. The van der Waals surface area contributed by atoms with E-state index in [0.29, 0.717) is 12.8 Å². The van der Waals surface area contributed by atoms with Gasteiger partial charge >= 0.3 is 0 Å². The highest BCUT2D eigenvalue weighted by Gasteiger charge is 2.50. The molecule has 1 saturated carbocycles. The van der Waals surface area contributed by atoms with Crippen LogP contribution in [0, 0.1) is 0 Å². The maximum atomic E-state index is 9.64. The van der Waals surface area contributed by atoms with Crippen molar-refractivity contribution in [1.29, 1.82) is 0 Å². The molecule has 3 heteroatoms. The molecule has 0 amide bonds. The lowest BCUT2D eigenvalue weighted by Gasteiger charge is -2.49. The van der Waals surface area contributed by atoms with E-state index in [9.17, 15) is 10.2 Å². The second kappa shape index (κ2) is 2.72. The van der Waals surface area contributed by atoms with Crippen molar-refractivity contribution < 1.29 is 10.2 Å². The summed E-state index contributed by atoms with van der Waals surface area (Å²) in [6.07, 6.45) is 0.995. The van der Waals surface area contributed by atoms with Crippen molar-refractivity contribution in [2.75, 3.05) is 0 Å². The number of hydrogen-bond acceptors (Lipinski definition) is 3. The van der Waals surface area contributed by atoms with Crippen LogP contribution in [0.4, 0.5) is 0 Å². The molecule has 0 radical (unpaired) electrons. The summed E-state index contributed by atoms with van der Waals surface area (Å²) in [5, 5.41) is 19.3. The highest BCUT2D eigenvalue weighted by atomic mass is 16.3. The maximum absolute atomic E-state index is 9.64. The van der Waals surface area contributed by atoms with Crippen LogP contribution in [0.15, 0.2) is 24.3 Å². The van der Waals surface area contributed by atoms with Crippen molar-refractivity contribution >= 4 is 0 Å². The Morgan fingerprint density at radius 2 is 1.86 bits per heavy atom. The zero-order chi connectivity index (χ0) is 10.4. The zero-order valence-corrected chi connectivity index (χ0v) is 8.20. The largest absolute Gasteiger partial charge is 0.508 e. The summed E-state index contributed by atoms with van der Waals surface area (Å²) < 4.78 is 0. The Labute approximate surface area is 83.2 Å². The Morgan fingerprint density at radius 3 is 2.36 bits per heavy atom. The topological polar surface area (TPSA) is 66.5 Å². The summed E-state index contributed by atoms with van der Waals surface area (Å²) in [4.78, 5) is 0. The van der Waals surface area contributed by atoms with E-state index in [1.807, 2.05) is 12.1 Å². The molecule has 76 valence electrons. The van der Waals surface area contributed by atoms with Crippen LogP contribution in [0.2, 0.25) is 0 Å². The third-order valence-corrected chi connectivity index (χ3v) is 2.83. The first-order chi connectivity index (χ1) is 6.43. The van der Waals surface area contributed by atoms with E-state index >= 15 is 0 Å². The zero-order valence-electron chi connectivity index (χ0n) is 8.20. The SMILES string of the molecule is CC1(O)CC(N)(c2ccccc2O)C1. The number of benzene rings is 1. The van der Waals surface area contributed by atoms with Gasteiger partial charge in [-0.2, -0.15) is 0 Å². The van der Waals surface area contributed by atoms with Gasteiger partial charge in [-0.25, -0.2) is 0 Å². The molecule has 0 saturated heterocycles. The summed E-state index contributed by atoms with van der Waals surface area (Å²) in [7, 11) is 0. The third kappa shape index (κ3) is 1.38. The van der Waals surface area contributed by atoms with Crippen molar-refractivity contribution in [3.8, 4) is 5.75 Å². The van der Waals surface area contributed by atoms with Gasteiger partial charge in [-0.05, 0) is 25.8 Å². The molecule has 0 spiro atoms. The van der Waals surface area contributed by atoms with Gasteiger partial charge < -0.3 is 15.9 Å². The Kier molecular flexibility index (Phi) is 1.84. The molecule has 2 rings (SSSR count). The molecule has 1 fully saturated rings. The number of phenols is 1. The molecule has 1 aromatic rings. The molecule has 14 heavy (non-hydrogen) atoms. The fourth-order valence-corrected chi connectivity index (χ4v) is 2.39. The molecular weight excluding hydrogens is 178 g/mol. The lowest BCUT2D eigenvalue weighted by Crippen LogP contribution is -2.58. The molecule has 0 unspecified atom stereocenters. The molecule has 0 aromatic heterocycles. The molecule has 4 N–H and O–H groups in total. The first kappa shape index (κ1) is 9.49. The van der Waals surface area contributed by atoms with Gasteiger partial charge in [-0.15, -0.1) is 0 Å². The van der Waals surface area contributed by atoms with Crippen LogP contribution in [-0.4, -0.2) is 15.8 Å². The van der Waals surface area contributed by atoms with E-state index in [4.69, 9.17) is 5.73 Å². The van der Waals surface area contributed by atoms with E-state index in [1.54, 1.807) is 19.1 Å². The molecule has 1 aromatic carbocycles. The number of aromatic hydroxyl groups is 1. The van der Waals surface area contributed by atoms with Gasteiger partial charge in [0, 0.05) is 5.56 Å². The van der Waals surface area contributed by atoms with Gasteiger partial charge in [-0.3, -0.25) is 0 Å². The second-order valence-corrected chi connectivity index (χ2v) is 4.52. The van der Waals surface area contributed by atoms with E-state index < -0.39 is 11.1 Å². The average Bonchev–Trinajstić information content (AvgIpc) is 2.00. The number of nitrogens with two attached hydrogens (primary N) is 1. The van der Waals surface area contributed by atoms with Gasteiger partial charge in [0.1, 0.15) is 5.75 Å². The van der Waals surface area contributed by atoms with Crippen LogP contribution < -0.4 is 5.73 Å². The second-order valence-electron chi connectivity index (χ2n) is 4.52. The minimum atomic E-state index is -0.684. The molecule has 1 aliphatic carbocycles. The Hall–Kier alpha value is -1.06. The highest BCUT2D eigenvalue weighted by molar-refractivity contribution is 5.40. The first-order valence-electron chi connectivity index (χ1n) is 4.73. The fraction of sp³-hybridized carbons (Fsp3) is 0.455. The quantitative estimate of drug-likeness (QED) is 0.625. The van der Waals surface area contributed by atoms with Crippen molar-refractivity contribution in [2.45, 2.75) is 30.9 Å². The molecule has 0 bridgehead atoms. The number of aliphatic hydroxyl groups is 1. The molecule has 1 aliphatic rings. The van der Waals surface area contributed by atoms with E-state index in [-0.39, 0.29) is 5.75 Å². The summed E-state index contributed by atoms with van der Waals surface area (Å²) in [6, 6.07) is 7.04. The van der Waals surface area contributed by atoms with Gasteiger partial charge in [0.15, 0.2) is 0 Å². The van der Waals surface area contributed by atoms with Crippen molar-refractivity contribution in [2.24, 2.45) is 5.73 Å². The van der Waals surface area contributed by atoms with Crippen LogP contribution in [0.1, 0.15) is 25.3 Å². The summed E-state index contributed by atoms with van der Waals surface area (Å²) in [5.41, 5.74) is 5.56. The predicted molar refractivity (Wildman–Crippen MR) is 53.8 cm³/mol. The maximum Gasteiger partial charge on any atom is 0.120 e. The standard InChI is InChI=1S/C11H15NO2/c1-10(14)6-11(12,7-10)8-4-2-3-5-9(8)13/h2-5,13-14H,6-7,12H2,1H3. The number of phenolic OH excluding ortho intramolecular Hbond substituents is 1. The normalized spacial score (nSPS) is 36.5. The lowest BCUT2D eigenvalue weighted by molar-refractivity contribution is -0.0744. The predicted octanol–water partition coefficient (Wildman–Crippen LogP) is 1.09. The van der Waals surface area contributed by atoms with E-state index in [2.05, 4.69) is 0 Å². The van der Waals surface area contributed by atoms with Gasteiger partial charge in [0.05, 0.1) is 11.1 Å². The third-order valence-electron chi connectivity index (χ3n) is 2.83. The summed E-state index contributed by atoms with van der Waals surface area (Å²) in [5.74, 6) is 0.213. The Morgan fingerprint density at radius 1 is 1.29 bits per heavy atom. The number of para-hydroxylation sites is 1. The van der Waals surface area contributed by atoms with Crippen molar-refractivity contribution in [1.82, 2.24) is 0 Å². The van der Waals surface area contributed by atoms with Crippen LogP contribution in [-0.2, 0) is 5.54 Å². The molecule has 0 heterocycles. The lowest BCUT2D eigenvalue weighted by atomic mass is 9.63.